The molecule has 1 radical (unpaired) electrons. The van der Waals surface area contributed by atoms with E-state index in [1.54, 1.807) is 0 Å². The third-order valence-corrected chi connectivity index (χ3v) is 0.375. The smallest absolute Gasteiger partial charge is 0.696 e. The Balaban J connectivity index is -0.0000000245. The summed E-state index contributed by atoms with van der Waals surface area (Å²) < 4.78 is 0. The van der Waals surface area contributed by atoms with Crippen LogP contribution in [0.2, 0.25) is 0 Å². The molecule has 0 rings (SSSR count). The first kappa shape index (κ1) is 43.0. The topological polar surface area (TPSA) is 214 Å². The molecule has 0 fully saturated rings. The summed E-state index contributed by atoms with van der Waals surface area (Å²) >= 11 is 11.1. The number of hydrogen-bond acceptors (Lipinski definition) is 6. The molecular formula is C9H18CrN9S3-6. The van der Waals surface area contributed by atoms with Gasteiger partial charge in [0.1, 0.15) is 0 Å². The largest absolute Gasteiger partial charge is 3.00 e. The van der Waals surface area contributed by atoms with Gasteiger partial charge in [0.05, 0.1) is 0 Å². The molecule has 0 aromatic rings. The van der Waals surface area contributed by atoms with Gasteiger partial charge in [0, 0.05) is 0 Å². The molecule has 9 nitrogen and oxygen atoms in total. The zero-order valence-electron chi connectivity index (χ0n) is 11.7. The van der Waals surface area contributed by atoms with Crippen molar-refractivity contribution >= 4 is 37.9 Å². The molecule has 0 spiro atoms. The van der Waals surface area contributed by atoms with Gasteiger partial charge in [-0.25, -0.2) is 15.8 Å². The Labute approximate surface area is 160 Å². The summed E-state index contributed by atoms with van der Waals surface area (Å²) in [6.07, 6.45) is 0. The Morgan fingerprint density at radius 1 is 0.500 bits per heavy atom. The van der Waals surface area contributed by atoms with E-state index in [4.69, 9.17) is 50.2 Å². The number of nitriles is 3. The molecule has 0 unspecified atom stereocenters. The number of nitrogens with one attached hydrogen (secondary N) is 6. The summed E-state index contributed by atoms with van der Waals surface area (Å²) in [5.41, 5.74) is 37.6. The van der Waals surface area contributed by atoms with E-state index < -0.39 is 0 Å². The zero-order chi connectivity index (χ0) is 18.4. The second kappa shape index (κ2) is 109. The first-order valence-electron chi connectivity index (χ1n) is 4.90. The summed E-state index contributed by atoms with van der Waals surface area (Å²) in [7, 11) is 0. The van der Waals surface area contributed by atoms with Crippen LogP contribution in [0.25, 0.3) is 34.4 Å². The first-order valence-corrected chi connectivity index (χ1v) is 6.13. The predicted molar refractivity (Wildman–Crippen MR) is 94.1 cm³/mol. The molecule has 0 aromatic heterocycles. The number of hydrogen-bond donors (Lipinski definition) is 0. The van der Waals surface area contributed by atoms with Gasteiger partial charge in [-0.2, -0.15) is 39.3 Å². The van der Waals surface area contributed by atoms with Crippen LogP contribution in [0.3, 0.4) is 0 Å². The summed E-state index contributed by atoms with van der Waals surface area (Å²) in [6.45, 7) is 1.42. The minimum absolute atomic E-state index is 0. The molecular weight excluding hydrogens is 382 g/mol. The second-order valence-corrected chi connectivity index (χ2v) is 2.32. The summed E-state index contributed by atoms with van der Waals surface area (Å²) in [4.78, 5) is 0. The molecule has 0 atom stereocenters. The fraction of sp³-hybridized carbons (Fsp3) is 0.667. The van der Waals surface area contributed by atoms with Gasteiger partial charge >= 0.3 is 17.4 Å². The van der Waals surface area contributed by atoms with E-state index >= 15 is 0 Å². The van der Waals surface area contributed by atoms with Gasteiger partial charge in [-0.05, 0) is 0 Å². The maximum atomic E-state index is 7.13. The molecule has 0 bridgehead atoms. The van der Waals surface area contributed by atoms with E-state index in [1.165, 1.54) is 16.2 Å². The van der Waals surface area contributed by atoms with Gasteiger partial charge in [-0.3, -0.25) is 0 Å². The minimum Gasteiger partial charge on any atom is -0.696 e. The second-order valence-electron chi connectivity index (χ2n) is 1.77. The van der Waals surface area contributed by atoms with Crippen molar-refractivity contribution < 1.29 is 17.4 Å². The van der Waals surface area contributed by atoms with E-state index in [2.05, 4.69) is 37.9 Å². The molecule has 0 saturated heterocycles. The van der Waals surface area contributed by atoms with Crippen molar-refractivity contribution in [1.29, 1.82) is 15.8 Å². The van der Waals surface area contributed by atoms with Crippen LogP contribution < -0.4 is 0 Å². The van der Waals surface area contributed by atoms with Crippen molar-refractivity contribution in [2.45, 2.75) is 0 Å². The molecule has 0 amide bonds. The van der Waals surface area contributed by atoms with Gasteiger partial charge in [-0.15, -0.1) is 0 Å². The quantitative estimate of drug-likeness (QED) is 0.510. The Bertz CT molecular complexity index is 184. The third kappa shape index (κ3) is 1120. The molecule has 0 aromatic carbocycles. The van der Waals surface area contributed by atoms with Crippen molar-refractivity contribution in [3.63, 3.8) is 0 Å². The van der Waals surface area contributed by atoms with Crippen molar-refractivity contribution in [3.8, 4) is 16.2 Å². The number of nitrogens with zero attached hydrogens (tertiary/aromatic N) is 3. The summed E-state index contributed by atoms with van der Waals surface area (Å²) in [5.74, 6) is 0. The maximum absolute atomic E-state index is 7.13. The Kier molecular flexibility index (Phi) is 212. The van der Waals surface area contributed by atoms with Crippen LogP contribution in [0.4, 0.5) is 0 Å². The maximum Gasteiger partial charge on any atom is 3.00 e. The van der Waals surface area contributed by atoms with Gasteiger partial charge in [0.15, 0.2) is 0 Å². The van der Waals surface area contributed by atoms with E-state index in [1.807, 2.05) is 0 Å². The molecule has 22 heavy (non-hydrogen) atoms. The molecule has 6 N–H and O–H groups in total. The Hall–Kier alpha value is -0.578. The van der Waals surface area contributed by atoms with Gasteiger partial charge in [0.2, 0.25) is 0 Å². The van der Waals surface area contributed by atoms with E-state index in [0.717, 1.165) is 0 Å². The number of rotatable bonds is 3. The fourth-order valence-electron chi connectivity index (χ4n) is 0. The number of thiocyanates is 3. The third-order valence-electron chi connectivity index (χ3n) is 0.375. The SMILES string of the molecule is N#C[S-].N#C[S-].N#C[S-].[Cr+3].[NH-]CC[NH-].[NH-]CC[NH-].[NH-]CC[NH-]. The monoisotopic (exact) mass is 400 g/mol. The van der Waals surface area contributed by atoms with Crippen molar-refractivity contribution in [3.05, 3.63) is 34.4 Å². The van der Waals surface area contributed by atoms with Crippen LogP contribution in [0.15, 0.2) is 0 Å². The van der Waals surface area contributed by atoms with Gasteiger partial charge in [-0.1, -0.05) is 16.2 Å². The van der Waals surface area contributed by atoms with E-state index in [9.17, 15) is 0 Å². The van der Waals surface area contributed by atoms with Crippen molar-refractivity contribution in [1.82, 2.24) is 0 Å². The molecule has 0 saturated carbocycles. The van der Waals surface area contributed by atoms with Crippen LogP contribution >= 0.6 is 0 Å². The van der Waals surface area contributed by atoms with Gasteiger partial charge in [0.25, 0.3) is 0 Å². The van der Waals surface area contributed by atoms with Crippen LogP contribution in [0, 0.1) is 32.0 Å². The zero-order valence-corrected chi connectivity index (χ0v) is 15.4. The molecule has 0 aliphatic heterocycles. The van der Waals surface area contributed by atoms with Crippen LogP contribution in [-0.2, 0) is 55.2 Å². The fourth-order valence-corrected chi connectivity index (χ4v) is 0. The van der Waals surface area contributed by atoms with Crippen molar-refractivity contribution in [2.75, 3.05) is 39.3 Å². The van der Waals surface area contributed by atoms with Crippen LogP contribution in [0.5, 0.6) is 0 Å². The molecule has 13 heteroatoms. The molecule has 129 valence electrons. The van der Waals surface area contributed by atoms with Gasteiger partial charge < -0.3 is 72.3 Å². The average molecular weight is 401 g/mol. The minimum atomic E-state index is 0. The summed E-state index contributed by atoms with van der Waals surface area (Å²) in [6, 6.07) is 0. The van der Waals surface area contributed by atoms with E-state index in [-0.39, 0.29) is 56.6 Å². The normalized spacial score (nSPS) is 5.05. The van der Waals surface area contributed by atoms with Crippen molar-refractivity contribution in [2.24, 2.45) is 0 Å². The van der Waals surface area contributed by atoms with Crippen LogP contribution in [-0.4, -0.2) is 39.3 Å². The summed E-state index contributed by atoms with van der Waals surface area (Å²) in [5, 5.41) is 25.4. The van der Waals surface area contributed by atoms with E-state index in [0.29, 0.717) is 0 Å². The predicted octanol–water partition coefficient (Wildman–Crippen LogP) is 3.31. The molecule has 0 aliphatic rings. The Morgan fingerprint density at radius 3 is 0.545 bits per heavy atom. The standard InChI is InChI=1S/3C2H6N2.3CHNS.Cr/c3*3-1-2-4;3*2-1-3;/h3*3-4H,1-2H2;3*3H;/q3*-2;;;;+3/p-3. The Morgan fingerprint density at radius 2 is 0.545 bits per heavy atom. The average Bonchev–Trinajstić information content (AvgIpc) is 2.50. The molecule has 0 heterocycles. The van der Waals surface area contributed by atoms with Crippen LogP contribution in [0.1, 0.15) is 0 Å². The molecule has 0 aliphatic carbocycles. The first-order chi connectivity index (χ1) is 9.99.